The zero-order valence-corrected chi connectivity index (χ0v) is 16.0. The van der Waals surface area contributed by atoms with Crippen LogP contribution in [-0.4, -0.2) is 57.9 Å². The number of phenols is 1. The van der Waals surface area contributed by atoms with Crippen LogP contribution in [0.2, 0.25) is 0 Å². The Balaban J connectivity index is 1.71. The number of quaternary nitrogens is 1. The first kappa shape index (κ1) is 23.3. The van der Waals surface area contributed by atoms with E-state index in [4.69, 9.17) is 10.3 Å². The predicted octanol–water partition coefficient (Wildman–Crippen LogP) is 0.898. The highest BCUT2D eigenvalue weighted by Gasteiger charge is 2.55. The number of esters is 1. The molecule has 1 aliphatic heterocycles. The normalized spacial score (nSPS) is 14.5. The van der Waals surface area contributed by atoms with Crippen molar-refractivity contribution in [1.29, 1.82) is 0 Å². The van der Waals surface area contributed by atoms with Gasteiger partial charge in [0.2, 0.25) is 0 Å². The molecule has 2 rings (SSSR count). The number of nitrogens with zero attached hydrogens (tertiary/aromatic N) is 4. The van der Waals surface area contributed by atoms with E-state index < -0.39 is 47.3 Å². The molecular formula is C17H18N5O9+. The Morgan fingerprint density at radius 1 is 1.16 bits per heavy atom. The number of phenolic OH excluding ortho intramolecular Hbond substituents is 1. The second-order valence-corrected chi connectivity index (χ2v) is 6.19. The summed E-state index contributed by atoms with van der Waals surface area (Å²) in [5.74, 6) is -4.98. The van der Waals surface area contributed by atoms with E-state index in [0.29, 0.717) is 0 Å². The van der Waals surface area contributed by atoms with E-state index in [2.05, 4.69) is 20.2 Å². The summed E-state index contributed by atoms with van der Waals surface area (Å²) in [5, 5.41) is 25.2. The average Bonchev–Trinajstić information content (AvgIpc) is 2.98. The van der Waals surface area contributed by atoms with Gasteiger partial charge in [0.1, 0.15) is 17.2 Å². The molecule has 3 N–H and O–H groups in total. The lowest BCUT2D eigenvalue weighted by Crippen LogP contribution is -2.50. The lowest BCUT2D eigenvalue weighted by Gasteiger charge is -2.15. The zero-order chi connectivity index (χ0) is 23.0. The first-order valence-electron chi connectivity index (χ1n) is 8.90. The summed E-state index contributed by atoms with van der Waals surface area (Å²) >= 11 is 0. The summed E-state index contributed by atoms with van der Waals surface area (Å²) < 4.78 is 4.82. The van der Waals surface area contributed by atoms with E-state index in [0.717, 1.165) is 0 Å². The maximum atomic E-state index is 12.0. The van der Waals surface area contributed by atoms with Crippen molar-refractivity contribution < 1.29 is 48.7 Å². The van der Waals surface area contributed by atoms with Crippen molar-refractivity contribution in [3.05, 3.63) is 34.2 Å². The van der Waals surface area contributed by atoms with Crippen molar-refractivity contribution in [2.75, 3.05) is 13.2 Å². The number of rotatable bonds is 9. The van der Waals surface area contributed by atoms with Crippen molar-refractivity contribution >= 4 is 35.3 Å². The van der Waals surface area contributed by atoms with Crippen LogP contribution in [-0.2, 0) is 28.8 Å². The number of carbonyl (C=O) groups excluding carboxylic acids is 5. The van der Waals surface area contributed by atoms with E-state index in [1.54, 1.807) is 0 Å². The van der Waals surface area contributed by atoms with Gasteiger partial charge in [-0.1, -0.05) is 5.11 Å². The van der Waals surface area contributed by atoms with Gasteiger partial charge in [0, 0.05) is 10.6 Å². The third kappa shape index (κ3) is 5.99. The average molecular weight is 436 g/mol. The predicted molar refractivity (Wildman–Crippen MR) is 96.8 cm³/mol. The number of aromatic hydroxyl groups is 1. The molecule has 1 heterocycles. The Morgan fingerprint density at radius 2 is 1.81 bits per heavy atom. The second-order valence-electron chi connectivity index (χ2n) is 6.19. The summed E-state index contributed by atoms with van der Waals surface area (Å²) in [7, 11) is 0. The SMILES string of the molecule is [N-]=[N+]=Nc1ccc(O)c(C(=O)NCCOC(=O)CCC(=O)O[N+]2(O)C(=O)CCC2=O)c1. The number of benzene rings is 1. The summed E-state index contributed by atoms with van der Waals surface area (Å²) in [4.78, 5) is 63.2. The number of azide groups is 1. The molecule has 0 spiro atoms. The van der Waals surface area contributed by atoms with Gasteiger partial charge in [0.15, 0.2) is 0 Å². The lowest BCUT2D eigenvalue weighted by molar-refractivity contribution is -1.12. The number of amides is 3. The van der Waals surface area contributed by atoms with Gasteiger partial charge in [-0.15, -0.1) is 0 Å². The molecule has 31 heavy (non-hydrogen) atoms. The van der Waals surface area contributed by atoms with E-state index >= 15 is 0 Å². The molecule has 14 nitrogen and oxygen atoms in total. The fourth-order valence-electron chi connectivity index (χ4n) is 2.47. The number of imide groups is 1. The molecule has 1 aromatic carbocycles. The lowest BCUT2D eigenvalue weighted by atomic mass is 10.1. The van der Waals surface area contributed by atoms with Gasteiger partial charge < -0.3 is 15.2 Å². The summed E-state index contributed by atoms with van der Waals surface area (Å²) in [6, 6.07) is 3.67. The molecule has 1 aliphatic rings. The fourth-order valence-corrected chi connectivity index (χ4v) is 2.47. The fraction of sp³-hybridized carbons (Fsp3) is 0.353. The van der Waals surface area contributed by atoms with Crippen LogP contribution >= 0.6 is 0 Å². The molecule has 1 aromatic rings. The molecule has 3 amide bonds. The second kappa shape index (κ2) is 10.2. The third-order valence-electron chi connectivity index (χ3n) is 4.03. The van der Waals surface area contributed by atoms with Crippen molar-refractivity contribution in [2.45, 2.75) is 25.7 Å². The summed E-state index contributed by atoms with van der Waals surface area (Å²) in [6.07, 6.45) is -1.52. The number of ether oxygens (including phenoxy) is 1. The van der Waals surface area contributed by atoms with Crippen LogP contribution in [0.1, 0.15) is 36.0 Å². The minimum absolute atomic E-state index is 0.119. The van der Waals surface area contributed by atoms with Crippen LogP contribution in [0.4, 0.5) is 5.69 Å². The van der Waals surface area contributed by atoms with Crippen molar-refractivity contribution in [1.82, 2.24) is 5.32 Å². The molecule has 164 valence electrons. The standard InChI is InChI=1S/C17H17N5O9/c18-21-20-10-1-2-12(23)11(9-10)17(28)19-7-8-30-15(26)5-6-16(27)31-22(29)13(24)3-4-14(22)25/h1-2,9,29H,3-8H2,(H-,19,23,28)/p+1. The van der Waals surface area contributed by atoms with Gasteiger partial charge in [-0.2, -0.15) is 5.21 Å². The minimum atomic E-state index is -2.06. The summed E-state index contributed by atoms with van der Waals surface area (Å²) in [6.45, 7) is -0.382. The largest absolute Gasteiger partial charge is 0.507 e. The van der Waals surface area contributed by atoms with Crippen molar-refractivity contribution in [2.24, 2.45) is 5.11 Å². The highest BCUT2D eigenvalue weighted by Crippen LogP contribution is 2.23. The Bertz CT molecular complexity index is 955. The monoisotopic (exact) mass is 436 g/mol. The van der Waals surface area contributed by atoms with Crippen LogP contribution < -0.4 is 5.32 Å². The van der Waals surface area contributed by atoms with Gasteiger partial charge in [0.05, 0.1) is 37.8 Å². The van der Waals surface area contributed by atoms with Crippen molar-refractivity contribution in [3.8, 4) is 5.75 Å². The van der Waals surface area contributed by atoms with Crippen molar-refractivity contribution in [3.63, 3.8) is 0 Å². The molecule has 14 heteroatoms. The van der Waals surface area contributed by atoms with Gasteiger partial charge in [-0.3, -0.25) is 9.59 Å². The van der Waals surface area contributed by atoms with E-state index in [1.807, 2.05) is 0 Å². The number of nitrogens with one attached hydrogen (secondary N) is 1. The quantitative estimate of drug-likeness (QED) is 0.0733. The maximum Gasteiger partial charge on any atom is 0.397 e. The van der Waals surface area contributed by atoms with Crippen LogP contribution in [0.15, 0.2) is 23.3 Å². The number of hydrogen-bond acceptors (Lipinski definition) is 10. The van der Waals surface area contributed by atoms with E-state index in [-0.39, 0.29) is 43.0 Å². The molecule has 0 aliphatic carbocycles. The molecule has 0 aromatic heterocycles. The number of hydrogen-bond donors (Lipinski definition) is 3. The zero-order valence-electron chi connectivity index (χ0n) is 16.0. The molecular weight excluding hydrogens is 418 g/mol. The Kier molecular flexibility index (Phi) is 7.63. The Morgan fingerprint density at radius 3 is 2.45 bits per heavy atom. The highest BCUT2D eigenvalue weighted by atomic mass is 17.0. The summed E-state index contributed by atoms with van der Waals surface area (Å²) in [5.41, 5.74) is 8.37. The smallest absolute Gasteiger partial charge is 0.397 e. The molecule has 0 radical (unpaired) electrons. The number of carbonyl (C=O) groups is 5. The Hall–Kier alpha value is -4.00. The number of hydroxylamine groups is 4. The van der Waals surface area contributed by atoms with Gasteiger partial charge in [0.25, 0.3) is 5.91 Å². The molecule has 0 unspecified atom stereocenters. The molecule has 0 bridgehead atoms. The first-order valence-corrected chi connectivity index (χ1v) is 8.90. The highest BCUT2D eigenvalue weighted by molar-refractivity contribution is 5.97. The van der Waals surface area contributed by atoms with Gasteiger partial charge in [-0.05, 0) is 23.7 Å². The van der Waals surface area contributed by atoms with E-state index in [9.17, 15) is 34.3 Å². The van der Waals surface area contributed by atoms with Crippen LogP contribution in [0, 0.1) is 0 Å². The van der Waals surface area contributed by atoms with Crippen LogP contribution in [0.3, 0.4) is 0 Å². The first-order chi connectivity index (χ1) is 14.7. The van der Waals surface area contributed by atoms with Gasteiger partial charge >= 0.3 is 23.8 Å². The van der Waals surface area contributed by atoms with Crippen LogP contribution in [0.25, 0.3) is 10.4 Å². The Labute approximate surface area is 174 Å². The maximum absolute atomic E-state index is 12.0. The molecule has 0 saturated carbocycles. The molecule has 1 fully saturated rings. The van der Waals surface area contributed by atoms with Gasteiger partial charge in [-0.25, -0.2) is 19.2 Å². The molecule has 1 saturated heterocycles. The van der Waals surface area contributed by atoms with Crippen LogP contribution in [0.5, 0.6) is 5.75 Å². The minimum Gasteiger partial charge on any atom is -0.507 e. The van der Waals surface area contributed by atoms with E-state index in [1.165, 1.54) is 18.2 Å². The molecule has 0 atom stereocenters. The third-order valence-corrected chi connectivity index (χ3v) is 4.03. The topological polar surface area (TPSA) is 205 Å².